The van der Waals surface area contributed by atoms with E-state index >= 15 is 0 Å². The van der Waals surface area contributed by atoms with E-state index in [1.165, 1.54) is 0 Å². The van der Waals surface area contributed by atoms with E-state index in [0.717, 1.165) is 12.8 Å². The molecule has 0 N–H and O–H groups in total. The van der Waals surface area contributed by atoms with E-state index in [2.05, 4.69) is 21.4 Å². The molecule has 0 unspecified atom stereocenters. The Morgan fingerprint density at radius 1 is 1.39 bits per heavy atom. The standard InChI is InChI=1S/C12H12N2O4/c1-2-18-12(17)11(14-13)10(16)7-9(15)6-5-8-3-4-8/h8H,2-4,7H2,1H3. The molecular weight excluding hydrogens is 236 g/mol. The first-order valence-electron chi connectivity index (χ1n) is 5.55. The van der Waals surface area contributed by atoms with Crippen molar-refractivity contribution in [2.24, 2.45) is 5.92 Å². The molecule has 1 aliphatic rings. The number of carbonyl (C=O) groups is 3. The average Bonchev–Trinajstić information content (AvgIpc) is 3.11. The molecule has 0 bridgehead atoms. The summed E-state index contributed by atoms with van der Waals surface area (Å²) in [6, 6.07) is 0. The van der Waals surface area contributed by atoms with Crippen molar-refractivity contribution in [1.29, 1.82) is 0 Å². The van der Waals surface area contributed by atoms with Crippen LogP contribution in [0.5, 0.6) is 0 Å². The summed E-state index contributed by atoms with van der Waals surface area (Å²) < 4.78 is 4.51. The van der Waals surface area contributed by atoms with Gasteiger partial charge in [-0.1, -0.05) is 5.92 Å². The molecule has 18 heavy (non-hydrogen) atoms. The number of rotatable bonds is 5. The largest absolute Gasteiger partial charge is 0.457 e. The van der Waals surface area contributed by atoms with Gasteiger partial charge >= 0.3 is 11.7 Å². The molecule has 6 heteroatoms. The van der Waals surface area contributed by atoms with Crippen molar-refractivity contribution in [2.75, 3.05) is 6.61 Å². The quantitative estimate of drug-likeness (QED) is 0.132. The number of Topliss-reactive ketones (excluding diaryl/α,β-unsaturated/α-hetero) is 2. The van der Waals surface area contributed by atoms with Crippen molar-refractivity contribution in [3.05, 3.63) is 5.53 Å². The summed E-state index contributed by atoms with van der Waals surface area (Å²) in [5.41, 5.74) is 7.77. The minimum atomic E-state index is -1.05. The first-order chi connectivity index (χ1) is 8.58. The smallest absolute Gasteiger partial charge is 0.441 e. The van der Waals surface area contributed by atoms with E-state index in [0.29, 0.717) is 0 Å². The summed E-state index contributed by atoms with van der Waals surface area (Å²) in [5.74, 6) is 2.73. The summed E-state index contributed by atoms with van der Waals surface area (Å²) in [6.07, 6.45) is 1.36. The van der Waals surface area contributed by atoms with Gasteiger partial charge in [-0.3, -0.25) is 9.59 Å². The topological polar surface area (TPSA) is 96.8 Å². The molecule has 1 rings (SSSR count). The maximum Gasteiger partial charge on any atom is 0.441 e. The fraction of sp³-hybridized carbons (Fsp3) is 0.500. The monoisotopic (exact) mass is 248 g/mol. The highest BCUT2D eigenvalue weighted by Gasteiger charge is 2.32. The predicted molar refractivity (Wildman–Crippen MR) is 60.4 cm³/mol. The molecule has 1 fully saturated rings. The summed E-state index contributed by atoms with van der Waals surface area (Å²) in [4.78, 5) is 36.5. The van der Waals surface area contributed by atoms with Gasteiger partial charge in [0.25, 0.3) is 5.78 Å². The van der Waals surface area contributed by atoms with Crippen LogP contribution < -0.4 is 0 Å². The summed E-state index contributed by atoms with van der Waals surface area (Å²) in [6.45, 7) is 1.59. The first-order valence-corrected chi connectivity index (χ1v) is 5.55. The fourth-order valence-electron chi connectivity index (χ4n) is 1.09. The molecule has 0 atom stereocenters. The van der Waals surface area contributed by atoms with Gasteiger partial charge in [-0.25, -0.2) is 4.79 Å². The molecule has 0 aliphatic heterocycles. The van der Waals surface area contributed by atoms with Gasteiger partial charge in [-0.15, -0.1) is 0 Å². The van der Waals surface area contributed by atoms with Gasteiger partial charge in [-0.2, -0.15) is 4.79 Å². The third-order valence-electron chi connectivity index (χ3n) is 2.15. The van der Waals surface area contributed by atoms with E-state index in [1.54, 1.807) is 6.92 Å². The van der Waals surface area contributed by atoms with Gasteiger partial charge in [0.1, 0.15) is 0 Å². The molecule has 0 heterocycles. The molecular formula is C12H12N2O4. The van der Waals surface area contributed by atoms with Crippen LogP contribution in [-0.2, 0) is 19.1 Å². The number of nitrogens with zero attached hydrogens (tertiary/aromatic N) is 2. The zero-order chi connectivity index (χ0) is 13.5. The average molecular weight is 248 g/mol. The number of ether oxygens (including phenoxy) is 1. The number of hydrogen-bond donors (Lipinski definition) is 0. The molecule has 0 aromatic carbocycles. The van der Waals surface area contributed by atoms with Gasteiger partial charge in [0.05, 0.1) is 13.0 Å². The van der Waals surface area contributed by atoms with Crippen molar-refractivity contribution in [3.8, 4) is 11.8 Å². The minimum absolute atomic E-state index is 0.0422. The van der Waals surface area contributed by atoms with Crippen molar-refractivity contribution in [2.45, 2.75) is 26.2 Å². The number of ketones is 2. The van der Waals surface area contributed by atoms with E-state index in [4.69, 9.17) is 5.53 Å². The molecule has 0 amide bonds. The number of hydrogen-bond acceptors (Lipinski definition) is 4. The Hall–Kier alpha value is -2.25. The van der Waals surface area contributed by atoms with Crippen LogP contribution in [0.1, 0.15) is 26.2 Å². The second-order valence-electron chi connectivity index (χ2n) is 3.74. The lowest BCUT2D eigenvalue weighted by atomic mass is 10.1. The molecule has 6 nitrogen and oxygen atoms in total. The Labute approximate surface area is 104 Å². The van der Waals surface area contributed by atoms with E-state index in [9.17, 15) is 14.4 Å². The Bertz CT molecular complexity index is 488. The van der Waals surface area contributed by atoms with Crippen LogP contribution in [0.25, 0.3) is 5.53 Å². The van der Waals surface area contributed by atoms with Gasteiger partial charge < -0.3 is 10.3 Å². The molecule has 1 aliphatic carbocycles. The number of esters is 1. The Kier molecular flexibility index (Phi) is 4.97. The van der Waals surface area contributed by atoms with Gasteiger partial charge in [0, 0.05) is 5.92 Å². The maximum atomic E-state index is 11.5. The lowest BCUT2D eigenvalue weighted by Gasteiger charge is -1.95. The lowest BCUT2D eigenvalue weighted by Crippen LogP contribution is -2.28. The van der Waals surface area contributed by atoms with Crippen LogP contribution in [0.15, 0.2) is 0 Å². The molecule has 0 saturated heterocycles. The second-order valence-corrected chi connectivity index (χ2v) is 3.74. The zero-order valence-corrected chi connectivity index (χ0v) is 9.93. The molecule has 1 saturated carbocycles. The normalized spacial score (nSPS) is 12.7. The fourth-order valence-corrected chi connectivity index (χ4v) is 1.09. The lowest BCUT2D eigenvalue weighted by molar-refractivity contribution is -0.141. The van der Waals surface area contributed by atoms with Gasteiger partial charge in [-0.05, 0) is 25.7 Å². The second kappa shape index (κ2) is 6.48. The van der Waals surface area contributed by atoms with Crippen LogP contribution in [-0.4, -0.2) is 34.6 Å². The van der Waals surface area contributed by atoms with Crippen LogP contribution in [0.3, 0.4) is 0 Å². The van der Waals surface area contributed by atoms with E-state index in [-0.39, 0.29) is 12.5 Å². The van der Waals surface area contributed by atoms with Gasteiger partial charge in [0.2, 0.25) is 5.78 Å². The Balaban J connectivity index is 2.58. The van der Waals surface area contributed by atoms with Crippen molar-refractivity contribution in [1.82, 2.24) is 0 Å². The summed E-state index contributed by atoms with van der Waals surface area (Å²) in [7, 11) is 0. The molecule has 0 aromatic heterocycles. The molecule has 0 spiro atoms. The first kappa shape index (κ1) is 13.8. The maximum absolute atomic E-state index is 11.5. The van der Waals surface area contributed by atoms with Crippen LogP contribution in [0.4, 0.5) is 0 Å². The van der Waals surface area contributed by atoms with E-state index < -0.39 is 29.7 Å². The molecule has 0 radical (unpaired) electrons. The third-order valence-corrected chi connectivity index (χ3v) is 2.15. The zero-order valence-electron chi connectivity index (χ0n) is 9.93. The highest BCUT2D eigenvalue weighted by molar-refractivity contribution is 6.63. The molecule has 94 valence electrons. The third kappa shape index (κ3) is 4.32. The van der Waals surface area contributed by atoms with Crippen molar-refractivity contribution < 1.29 is 23.9 Å². The Morgan fingerprint density at radius 2 is 2.06 bits per heavy atom. The van der Waals surface area contributed by atoms with E-state index in [1.807, 2.05) is 0 Å². The molecule has 0 aromatic rings. The summed E-state index contributed by atoms with van der Waals surface area (Å²) in [5, 5.41) is 0. The van der Waals surface area contributed by atoms with Crippen LogP contribution >= 0.6 is 0 Å². The summed E-state index contributed by atoms with van der Waals surface area (Å²) >= 11 is 0. The number of carbonyl (C=O) groups excluding carboxylic acids is 3. The van der Waals surface area contributed by atoms with Crippen molar-refractivity contribution in [3.63, 3.8) is 0 Å². The highest BCUT2D eigenvalue weighted by atomic mass is 16.5. The SMILES string of the molecule is CCOC(=O)C(=[N+]=[N-])C(=O)CC(=O)C#CC1CC1. The van der Waals surface area contributed by atoms with Crippen molar-refractivity contribution >= 4 is 23.2 Å². The Morgan fingerprint density at radius 3 is 2.56 bits per heavy atom. The minimum Gasteiger partial charge on any atom is -0.457 e. The van der Waals surface area contributed by atoms with Gasteiger partial charge in [0.15, 0.2) is 0 Å². The van der Waals surface area contributed by atoms with Crippen LogP contribution in [0.2, 0.25) is 0 Å². The highest BCUT2D eigenvalue weighted by Crippen LogP contribution is 2.27. The van der Waals surface area contributed by atoms with Crippen LogP contribution in [0, 0.1) is 17.8 Å². The predicted octanol–water partition coefficient (Wildman–Crippen LogP) is 0.162.